The average molecular weight is 298 g/mol. The fourth-order valence-electron chi connectivity index (χ4n) is 5.43. The first kappa shape index (κ1) is 13.8. The van der Waals surface area contributed by atoms with E-state index in [1.54, 1.807) is 0 Å². The maximum absolute atomic E-state index is 12.8. The summed E-state index contributed by atoms with van der Waals surface area (Å²) >= 11 is 0. The second kappa shape index (κ2) is 4.12. The van der Waals surface area contributed by atoms with Gasteiger partial charge in [-0.25, -0.2) is 4.79 Å². The summed E-state index contributed by atoms with van der Waals surface area (Å²) in [5.74, 6) is 0.441. The molecule has 0 N–H and O–H groups in total. The molecule has 0 aromatic heterocycles. The molecule has 1 heterocycles. The van der Waals surface area contributed by atoms with Crippen LogP contribution in [0, 0.1) is 16.7 Å². The van der Waals surface area contributed by atoms with Crippen molar-refractivity contribution in [2.45, 2.75) is 45.7 Å². The smallest absolute Gasteiger partial charge is 0.288 e. The molecule has 4 nitrogen and oxygen atoms in total. The van der Waals surface area contributed by atoms with Crippen molar-refractivity contribution < 1.29 is 9.59 Å². The van der Waals surface area contributed by atoms with Crippen LogP contribution in [0.25, 0.3) is 0 Å². The maximum Gasteiger partial charge on any atom is 0.331 e. The van der Waals surface area contributed by atoms with Gasteiger partial charge in [0, 0.05) is 5.69 Å². The van der Waals surface area contributed by atoms with E-state index in [1.165, 1.54) is 4.90 Å². The number of nitrogens with zero attached hydrogens (tertiary/aromatic N) is 2. The van der Waals surface area contributed by atoms with E-state index in [0.717, 1.165) is 24.9 Å². The van der Waals surface area contributed by atoms with Crippen LogP contribution in [-0.2, 0) is 4.79 Å². The minimum absolute atomic E-state index is 0.00241. The number of fused-ring (bicyclic) bond motifs is 5. The van der Waals surface area contributed by atoms with Gasteiger partial charge in [-0.2, -0.15) is 0 Å². The van der Waals surface area contributed by atoms with E-state index < -0.39 is 0 Å². The first-order chi connectivity index (χ1) is 10.4. The van der Waals surface area contributed by atoms with Crippen molar-refractivity contribution in [3.8, 4) is 0 Å². The van der Waals surface area contributed by atoms with Crippen molar-refractivity contribution >= 4 is 18.1 Å². The fraction of sp³-hybridized carbons (Fsp3) is 0.556. The molecule has 2 saturated carbocycles. The third-order valence-corrected chi connectivity index (χ3v) is 6.93. The summed E-state index contributed by atoms with van der Waals surface area (Å²) in [5.41, 5.74) is 1.04. The molecule has 22 heavy (non-hydrogen) atoms. The van der Waals surface area contributed by atoms with Crippen molar-refractivity contribution in [3.63, 3.8) is 0 Å². The van der Waals surface area contributed by atoms with Crippen molar-refractivity contribution in [3.05, 3.63) is 30.3 Å². The number of benzene rings is 1. The van der Waals surface area contributed by atoms with Gasteiger partial charge < -0.3 is 0 Å². The Hall–Kier alpha value is -1.84. The monoisotopic (exact) mass is 298 g/mol. The highest BCUT2D eigenvalue weighted by molar-refractivity contribution is 6.01. The maximum atomic E-state index is 12.8. The number of para-hydroxylation sites is 1. The molecule has 2 aliphatic carbocycles. The molecule has 3 fully saturated rings. The average Bonchev–Trinajstić information content (AvgIpc) is 2.98. The van der Waals surface area contributed by atoms with Gasteiger partial charge in [0.15, 0.2) is 0 Å². The highest BCUT2D eigenvalue weighted by atomic mass is 16.2. The van der Waals surface area contributed by atoms with Gasteiger partial charge in [-0.1, -0.05) is 39.0 Å². The summed E-state index contributed by atoms with van der Waals surface area (Å²) < 4.78 is 0. The number of amides is 3. The SMILES string of the molecule is CC1(C)[C@@H]2CC[C@@]1(C)C1C2N(c2ccccc2)C(=O)N1C=O. The van der Waals surface area contributed by atoms with Gasteiger partial charge in [-0.15, -0.1) is 0 Å². The van der Waals surface area contributed by atoms with Crippen LogP contribution in [0.3, 0.4) is 0 Å². The third kappa shape index (κ3) is 1.34. The number of rotatable bonds is 2. The predicted octanol–water partition coefficient (Wildman–Crippen LogP) is 3.28. The summed E-state index contributed by atoms with van der Waals surface area (Å²) in [6.45, 7) is 6.87. The lowest BCUT2D eigenvalue weighted by Crippen LogP contribution is -2.47. The Morgan fingerprint density at radius 1 is 1.18 bits per heavy atom. The summed E-state index contributed by atoms with van der Waals surface area (Å²) in [7, 11) is 0. The molecule has 116 valence electrons. The van der Waals surface area contributed by atoms with Crippen molar-refractivity contribution in [2.75, 3.05) is 4.90 Å². The lowest BCUT2D eigenvalue weighted by atomic mass is 9.69. The number of imide groups is 1. The van der Waals surface area contributed by atoms with E-state index in [1.807, 2.05) is 35.2 Å². The van der Waals surface area contributed by atoms with Crippen molar-refractivity contribution in [1.82, 2.24) is 4.90 Å². The molecule has 3 amide bonds. The second-order valence-corrected chi connectivity index (χ2v) is 7.72. The van der Waals surface area contributed by atoms with Gasteiger partial charge in [0.25, 0.3) is 0 Å². The minimum atomic E-state index is -0.162. The number of carbonyl (C=O) groups excluding carboxylic acids is 2. The largest absolute Gasteiger partial charge is 0.331 e. The first-order valence-corrected chi connectivity index (χ1v) is 8.05. The Labute approximate surface area is 131 Å². The lowest BCUT2D eigenvalue weighted by Gasteiger charge is -2.40. The molecule has 0 radical (unpaired) electrons. The van der Waals surface area contributed by atoms with Crippen LogP contribution in [0.15, 0.2) is 30.3 Å². The first-order valence-electron chi connectivity index (χ1n) is 8.05. The molecule has 1 aliphatic heterocycles. The van der Waals surface area contributed by atoms with Crippen molar-refractivity contribution in [2.24, 2.45) is 16.7 Å². The van der Waals surface area contributed by atoms with E-state index in [-0.39, 0.29) is 28.9 Å². The Morgan fingerprint density at radius 2 is 1.86 bits per heavy atom. The normalized spacial score (nSPS) is 38.5. The van der Waals surface area contributed by atoms with Crippen molar-refractivity contribution in [1.29, 1.82) is 0 Å². The molecule has 4 heteroatoms. The topological polar surface area (TPSA) is 40.6 Å². The van der Waals surface area contributed by atoms with Crippen LogP contribution in [0.4, 0.5) is 10.5 Å². The number of anilines is 1. The molecule has 3 aliphatic rings. The Morgan fingerprint density at radius 3 is 2.50 bits per heavy atom. The van der Waals surface area contributed by atoms with Gasteiger partial charge in [-0.05, 0) is 41.7 Å². The van der Waals surface area contributed by atoms with Gasteiger partial charge in [-0.3, -0.25) is 14.6 Å². The molecule has 1 saturated heterocycles. The van der Waals surface area contributed by atoms with Gasteiger partial charge in [0.1, 0.15) is 0 Å². The van der Waals surface area contributed by atoms with Gasteiger partial charge >= 0.3 is 6.03 Å². The molecule has 2 bridgehead atoms. The number of carbonyl (C=O) groups is 2. The van der Waals surface area contributed by atoms with Gasteiger partial charge in [0.2, 0.25) is 6.41 Å². The zero-order valence-corrected chi connectivity index (χ0v) is 13.3. The molecule has 2 unspecified atom stereocenters. The molecule has 1 aromatic carbocycles. The predicted molar refractivity (Wildman–Crippen MR) is 84.4 cm³/mol. The van der Waals surface area contributed by atoms with Crippen LogP contribution >= 0.6 is 0 Å². The van der Waals surface area contributed by atoms with E-state index in [2.05, 4.69) is 20.8 Å². The Balaban J connectivity index is 1.87. The number of hydrogen-bond donors (Lipinski definition) is 0. The molecular weight excluding hydrogens is 276 g/mol. The molecule has 4 atom stereocenters. The summed E-state index contributed by atoms with van der Waals surface area (Å²) in [6.07, 6.45) is 2.96. The van der Waals surface area contributed by atoms with E-state index in [4.69, 9.17) is 0 Å². The summed E-state index contributed by atoms with van der Waals surface area (Å²) in [4.78, 5) is 27.8. The highest BCUT2D eigenvalue weighted by Gasteiger charge is 2.72. The molecule has 1 aromatic rings. The molecular formula is C18H22N2O2. The summed E-state index contributed by atoms with van der Waals surface area (Å²) in [5, 5.41) is 0. The zero-order valence-electron chi connectivity index (χ0n) is 13.3. The van der Waals surface area contributed by atoms with E-state index >= 15 is 0 Å². The van der Waals surface area contributed by atoms with Crippen LogP contribution in [-0.4, -0.2) is 29.4 Å². The van der Waals surface area contributed by atoms with E-state index in [0.29, 0.717) is 5.92 Å². The molecule has 0 spiro atoms. The zero-order chi connectivity index (χ0) is 15.7. The summed E-state index contributed by atoms with van der Waals surface area (Å²) in [6, 6.07) is 9.70. The van der Waals surface area contributed by atoms with Crippen LogP contribution in [0.2, 0.25) is 0 Å². The van der Waals surface area contributed by atoms with E-state index in [9.17, 15) is 9.59 Å². The Kier molecular flexibility index (Phi) is 2.58. The third-order valence-electron chi connectivity index (χ3n) is 6.93. The fourth-order valence-corrected chi connectivity index (χ4v) is 5.43. The number of hydrogen-bond acceptors (Lipinski definition) is 2. The van der Waals surface area contributed by atoms with Crippen LogP contribution < -0.4 is 4.90 Å². The van der Waals surface area contributed by atoms with Crippen LogP contribution in [0.1, 0.15) is 33.6 Å². The lowest BCUT2D eigenvalue weighted by molar-refractivity contribution is -0.118. The number of urea groups is 1. The highest BCUT2D eigenvalue weighted by Crippen LogP contribution is 2.69. The van der Waals surface area contributed by atoms with Gasteiger partial charge in [0.05, 0.1) is 12.1 Å². The molecule has 4 rings (SSSR count). The minimum Gasteiger partial charge on any atom is -0.288 e. The van der Waals surface area contributed by atoms with Crippen LogP contribution in [0.5, 0.6) is 0 Å². The standard InChI is InChI=1S/C18H22N2O2/c1-17(2)13-9-10-18(17,3)15-14(13)20(16(22)19(15)11-21)12-7-5-4-6-8-12/h4-8,11,13-15H,9-10H2,1-3H3/t13-,14?,15?,18+/m1/s1. The Bertz CT molecular complexity index is 642. The second-order valence-electron chi connectivity index (χ2n) is 7.72. The quantitative estimate of drug-likeness (QED) is 0.786.